The van der Waals surface area contributed by atoms with Gasteiger partial charge in [-0.1, -0.05) is 0 Å². The number of Topliss-reactive ketones (excluding diaryl/α,β-unsaturated/α-hetero) is 1. The number of carbonyl (C=O) groups excluding carboxylic acids is 2. The lowest BCUT2D eigenvalue weighted by atomic mass is 10.1. The van der Waals surface area contributed by atoms with Crippen molar-refractivity contribution in [1.29, 1.82) is 0 Å². The summed E-state index contributed by atoms with van der Waals surface area (Å²) in [5, 5.41) is 0.637. The molecule has 0 atom stereocenters. The first kappa shape index (κ1) is 18.6. The van der Waals surface area contributed by atoms with Gasteiger partial charge in [-0.05, 0) is 64.8 Å². The zero-order valence-electron chi connectivity index (χ0n) is 15.5. The SMILES string of the molecule is CCOc1ccc(-c2nc(C(=O)OC(C)(C)C)c(C(=O)C3CC3)s2)cc1. The van der Waals surface area contributed by atoms with Crippen molar-refractivity contribution in [3.63, 3.8) is 0 Å². The van der Waals surface area contributed by atoms with Crippen LogP contribution in [0.5, 0.6) is 5.75 Å². The number of carbonyl (C=O) groups is 2. The lowest BCUT2D eigenvalue weighted by Gasteiger charge is -2.18. The number of aromatic nitrogens is 1. The maximum atomic E-state index is 12.6. The number of nitrogens with zero attached hydrogens (tertiary/aromatic N) is 1. The van der Waals surface area contributed by atoms with Crippen LogP contribution in [0.4, 0.5) is 0 Å². The molecule has 3 rings (SSSR count). The number of esters is 1. The molecule has 1 aliphatic carbocycles. The third-order valence-electron chi connectivity index (χ3n) is 3.80. The molecule has 26 heavy (non-hydrogen) atoms. The van der Waals surface area contributed by atoms with Gasteiger partial charge in [0.2, 0.25) is 0 Å². The van der Waals surface area contributed by atoms with Gasteiger partial charge in [0.1, 0.15) is 21.2 Å². The summed E-state index contributed by atoms with van der Waals surface area (Å²) in [6.45, 7) is 7.92. The minimum atomic E-state index is -0.639. The van der Waals surface area contributed by atoms with Crippen molar-refractivity contribution in [3.05, 3.63) is 34.8 Å². The highest BCUT2D eigenvalue weighted by Crippen LogP contribution is 2.38. The molecule has 6 heteroatoms. The van der Waals surface area contributed by atoms with Crippen molar-refractivity contribution in [2.24, 2.45) is 5.92 Å². The maximum Gasteiger partial charge on any atom is 0.359 e. The summed E-state index contributed by atoms with van der Waals surface area (Å²) in [6.07, 6.45) is 1.76. The number of rotatable bonds is 6. The third kappa shape index (κ3) is 4.30. The van der Waals surface area contributed by atoms with Crippen LogP contribution in [0.3, 0.4) is 0 Å². The molecular weight excluding hydrogens is 350 g/mol. The maximum absolute atomic E-state index is 12.6. The highest BCUT2D eigenvalue weighted by molar-refractivity contribution is 7.17. The predicted octanol–water partition coefficient (Wildman–Crippen LogP) is 4.76. The van der Waals surface area contributed by atoms with Crippen LogP contribution in [0.2, 0.25) is 0 Å². The molecule has 0 saturated heterocycles. The fraction of sp³-hybridized carbons (Fsp3) is 0.450. The lowest BCUT2D eigenvalue weighted by Crippen LogP contribution is -2.25. The first-order valence-electron chi connectivity index (χ1n) is 8.80. The van der Waals surface area contributed by atoms with E-state index in [1.165, 1.54) is 11.3 Å². The van der Waals surface area contributed by atoms with Gasteiger partial charge in [-0.25, -0.2) is 9.78 Å². The summed E-state index contributed by atoms with van der Waals surface area (Å²) >= 11 is 1.26. The van der Waals surface area contributed by atoms with E-state index >= 15 is 0 Å². The van der Waals surface area contributed by atoms with Gasteiger partial charge < -0.3 is 9.47 Å². The molecule has 138 valence electrons. The molecule has 1 aromatic carbocycles. The van der Waals surface area contributed by atoms with E-state index in [0.29, 0.717) is 16.5 Å². The smallest absolute Gasteiger partial charge is 0.359 e. The number of hydrogen-bond acceptors (Lipinski definition) is 6. The van der Waals surface area contributed by atoms with Gasteiger partial charge in [0.15, 0.2) is 11.5 Å². The molecule has 0 bridgehead atoms. The Morgan fingerprint density at radius 2 is 1.85 bits per heavy atom. The molecule has 0 radical (unpaired) electrons. The molecule has 2 aromatic rings. The Morgan fingerprint density at radius 3 is 2.38 bits per heavy atom. The fourth-order valence-electron chi connectivity index (χ4n) is 2.47. The number of benzene rings is 1. The van der Waals surface area contributed by atoms with Gasteiger partial charge in [-0.15, -0.1) is 11.3 Å². The van der Waals surface area contributed by atoms with Gasteiger partial charge in [0.25, 0.3) is 0 Å². The summed E-state index contributed by atoms with van der Waals surface area (Å²) in [7, 11) is 0. The van der Waals surface area contributed by atoms with E-state index in [4.69, 9.17) is 9.47 Å². The monoisotopic (exact) mass is 373 g/mol. The number of ketones is 1. The number of hydrogen-bond donors (Lipinski definition) is 0. The minimum absolute atomic E-state index is 0.000505. The zero-order chi connectivity index (χ0) is 18.9. The molecule has 1 fully saturated rings. The molecule has 0 N–H and O–H groups in total. The lowest BCUT2D eigenvalue weighted by molar-refractivity contribution is 0.00620. The molecule has 0 spiro atoms. The second-order valence-corrected chi connectivity index (χ2v) is 8.29. The molecule has 0 aliphatic heterocycles. The Morgan fingerprint density at radius 1 is 1.19 bits per heavy atom. The Labute approximate surface area is 157 Å². The van der Waals surface area contributed by atoms with Crippen molar-refractivity contribution < 1.29 is 19.1 Å². The highest BCUT2D eigenvalue weighted by Gasteiger charge is 2.36. The van der Waals surface area contributed by atoms with Crippen molar-refractivity contribution in [3.8, 4) is 16.3 Å². The topological polar surface area (TPSA) is 65.5 Å². The minimum Gasteiger partial charge on any atom is -0.494 e. The van der Waals surface area contributed by atoms with E-state index in [1.54, 1.807) is 20.8 Å². The summed E-state index contributed by atoms with van der Waals surface area (Å²) < 4.78 is 10.9. The van der Waals surface area contributed by atoms with Gasteiger partial charge in [-0.3, -0.25) is 4.79 Å². The van der Waals surface area contributed by atoms with Crippen molar-refractivity contribution >= 4 is 23.1 Å². The second kappa shape index (κ2) is 7.19. The van der Waals surface area contributed by atoms with Crippen molar-refractivity contribution in [1.82, 2.24) is 4.98 Å². The van der Waals surface area contributed by atoms with Crippen LogP contribution in [0, 0.1) is 5.92 Å². The predicted molar refractivity (Wildman–Crippen MR) is 101 cm³/mol. The summed E-state index contributed by atoms with van der Waals surface area (Å²) in [6, 6.07) is 7.48. The Balaban J connectivity index is 1.95. The summed E-state index contributed by atoms with van der Waals surface area (Å²) in [5.74, 6) is 0.245. The Kier molecular flexibility index (Phi) is 5.14. The largest absolute Gasteiger partial charge is 0.494 e. The van der Waals surface area contributed by atoms with Crippen LogP contribution in [-0.4, -0.2) is 28.9 Å². The fourth-order valence-corrected chi connectivity index (χ4v) is 3.54. The highest BCUT2D eigenvalue weighted by atomic mass is 32.1. The molecule has 1 heterocycles. The van der Waals surface area contributed by atoms with E-state index in [9.17, 15) is 9.59 Å². The van der Waals surface area contributed by atoms with E-state index in [-0.39, 0.29) is 17.4 Å². The first-order valence-corrected chi connectivity index (χ1v) is 9.61. The van der Waals surface area contributed by atoms with Gasteiger partial charge in [0, 0.05) is 11.5 Å². The standard InChI is InChI=1S/C20H23NO4S/c1-5-24-14-10-8-13(9-11-14)18-21-15(19(23)25-20(2,3)4)17(26-18)16(22)12-6-7-12/h8-12H,5-7H2,1-4H3. The van der Waals surface area contributed by atoms with Crippen LogP contribution in [0.1, 0.15) is 60.7 Å². The van der Waals surface area contributed by atoms with Crippen LogP contribution < -0.4 is 4.74 Å². The molecule has 0 amide bonds. The van der Waals surface area contributed by atoms with E-state index < -0.39 is 11.6 Å². The zero-order valence-corrected chi connectivity index (χ0v) is 16.3. The van der Waals surface area contributed by atoms with Crippen LogP contribution >= 0.6 is 11.3 Å². The molecule has 0 unspecified atom stereocenters. The van der Waals surface area contributed by atoms with Crippen LogP contribution in [-0.2, 0) is 4.74 Å². The van der Waals surface area contributed by atoms with Crippen LogP contribution in [0.15, 0.2) is 24.3 Å². The van der Waals surface area contributed by atoms with Crippen LogP contribution in [0.25, 0.3) is 10.6 Å². The number of ether oxygens (including phenoxy) is 2. The van der Waals surface area contributed by atoms with E-state index in [2.05, 4.69) is 4.98 Å². The van der Waals surface area contributed by atoms with Crippen molar-refractivity contribution in [2.45, 2.75) is 46.1 Å². The second-order valence-electron chi connectivity index (χ2n) is 7.29. The van der Waals surface area contributed by atoms with Gasteiger partial charge in [0.05, 0.1) is 6.61 Å². The Hall–Kier alpha value is -2.21. The third-order valence-corrected chi connectivity index (χ3v) is 4.92. The molecule has 1 saturated carbocycles. The summed E-state index contributed by atoms with van der Waals surface area (Å²) in [5.41, 5.74) is 0.337. The number of thiazole rings is 1. The Bertz CT molecular complexity index is 813. The van der Waals surface area contributed by atoms with Gasteiger partial charge in [-0.2, -0.15) is 0 Å². The quantitative estimate of drug-likeness (QED) is 0.540. The molecule has 1 aliphatic rings. The van der Waals surface area contributed by atoms with Gasteiger partial charge >= 0.3 is 5.97 Å². The first-order chi connectivity index (χ1) is 12.3. The average Bonchev–Trinajstić information content (AvgIpc) is 3.32. The van der Waals surface area contributed by atoms with E-state index in [1.807, 2.05) is 31.2 Å². The molecule has 5 nitrogen and oxygen atoms in total. The van der Waals surface area contributed by atoms with E-state index in [0.717, 1.165) is 24.2 Å². The molecular formula is C20H23NO4S. The normalized spacial score (nSPS) is 14.2. The van der Waals surface area contributed by atoms with Crippen molar-refractivity contribution in [2.75, 3.05) is 6.61 Å². The summed E-state index contributed by atoms with van der Waals surface area (Å²) in [4.78, 5) is 30.0. The average molecular weight is 373 g/mol. The molecule has 1 aromatic heterocycles.